The number of rotatable bonds is 2. The Bertz CT molecular complexity index is 720. The summed E-state index contributed by atoms with van der Waals surface area (Å²) in [4.78, 5) is 23.6. The van der Waals surface area contributed by atoms with Crippen LogP contribution < -0.4 is 10.1 Å². The lowest BCUT2D eigenvalue weighted by Gasteiger charge is -2.19. The fraction of sp³-hybridized carbons (Fsp3) is 0.143. The number of aryl methyl sites for hydroxylation is 1. The Morgan fingerprint density at radius 2 is 2.15 bits per heavy atom. The summed E-state index contributed by atoms with van der Waals surface area (Å²) in [6, 6.07) is 6.61. The van der Waals surface area contributed by atoms with Gasteiger partial charge in [0.15, 0.2) is 12.4 Å². The van der Waals surface area contributed by atoms with Crippen LogP contribution in [0.4, 0.5) is 5.69 Å². The van der Waals surface area contributed by atoms with E-state index in [-0.39, 0.29) is 24.1 Å². The molecule has 1 aromatic carbocycles. The summed E-state index contributed by atoms with van der Waals surface area (Å²) in [6.07, 6.45) is 0. The van der Waals surface area contributed by atoms with Crippen molar-refractivity contribution in [2.24, 2.45) is 0 Å². The van der Waals surface area contributed by atoms with Crippen LogP contribution in [0.1, 0.15) is 21.9 Å². The Morgan fingerprint density at radius 3 is 2.85 bits per heavy atom. The molecule has 0 atom stereocenters. The van der Waals surface area contributed by atoms with Gasteiger partial charge in [-0.1, -0.05) is 0 Å². The molecular weight excluding hydrogens is 326 g/mol. The van der Waals surface area contributed by atoms with Crippen molar-refractivity contribution in [2.45, 2.75) is 6.92 Å². The van der Waals surface area contributed by atoms with E-state index < -0.39 is 0 Å². The highest BCUT2D eigenvalue weighted by Gasteiger charge is 2.22. The molecule has 0 spiro atoms. The third-order valence-corrected chi connectivity index (χ3v) is 3.57. The average Bonchev–Trinajstić information content (AvgIpc) is 2.84. The van der Waals surface area contributed by atoms with Crippen LogP contribution in [0, 0.1) is 6.92 Å². The summed E-state index contributed by atoms with van der Waals surface area (Å²) >= 11 is 3.33. The van der Waals surface area contributed by atoms with Crippen molar-refractivity contribution in [1.29, 1.82) is 0 Å². The van der Waals surface area contributed by atoms with Crippen molar-refractivity contribution < 1.29 is 18.7 Å². The molecule has 1 aliphatic heterocycles. The second kappa shape index (κ2) is 4.79. The highest BCUT2D eigenvalue weighted by molar-refractivity contribution is 9.10. The van der Waals surface area contributed by atoms with E-state index in [1.54, 1.807) is 31.2 Å². The first-order chi connectivity index (χ1) is 9.54. The summed E-state index contributed by atoms with van der Waals surface area (Å²) in [7, 11) is 0. The number of anilines is 1. The molecule has 1 aromatic heterocycles. The SMILES string of the molecule is Cc1ccc(C(=O)c2cc3c(cc2Br)NC(=O)CO3)o1. The second-order valence-corrected chi connectivity index (χ2v) is 5.26. The summed E-state index contributed by atoms with van der Waals surface area (Å²) in [6.45, 7) is 1.72. The Balaban J connectivity index is 2.02. The van der Waals surface area contributed by atoms with Crippen LogP contribution >= 0.6 is 15.9 Å². The monoisotopic (exact) mass is 335 g/mol. The van der Waals surface area contributed by atoms with Gasteiger partial charge in [-0.25, -0.2) is 0 Å². The molecule has 2 heterocycles. The fourth-order valence-electron chi connectivity index (χ4n) is 1.96. The van der Waals surface area contributed by atoms with Gasteiger partial charge in [-0.15, -0.1) is 0 Å². The maximum Gasteiger partial charge on any atom is 0.262 e. The molecule has 1 N–H and O–H groups in total. The number of hydrogen-bond acceptors (Lipinski definition) is 4. The number of hydrogen-bond donors (Lipinski definition) is 1. The molecule has 0 bridgehead atoms. The lowest BCUT2D eigenvalue weighted by Crippen LogP contribution is -2.25. The molecule has 0 radical (unpaired) electrons. The molecule has 0 unspecified atom stereocenters. The Labute approximate surface area is 123 Å². The van der Waals surface area contributed by atoms with Gasteiger partial charge in [0.05, 0.1) is 5.69 Å². The zero-order chi connectivity index (χ0) is 14.3. The molecule has 0 aliphatic carbocycles. The normalized spacial score (nSPS) is 13.4. The first kappa shape index (κ1) is 12.9. The maximum atomic E-state index is 12.4. The summed E-state index contributed by atoms with van der Waals surface area (Å²) in [5.74, 6) is 0.951. The standard InChI is InChI=1S/C14H10BrNO4/c1-7-2-3-11(20-7)14(18)8-4-12-10(5-9(8)15)16-13(17)6-19-12/h2-5H,6H2,1H3,(H,16,17). The Kier molecular flexibility index (Phi) is 3.10. The smallest absolute Gasteiger partial charge is 0.262 e. The molecule has 2 aromatic rings. The van der Waals surface area contributed by atoms with Crippen LogP contribution in [-0.2, 0) is 4.79 Å². The van der Waals surface area contributed by atoms with Crippen LogP contribution in [0.15, 0.2) is 33.2 Å². The van der Waals surface area contributed by atoms with Gasteiger partial charge >= 0.3 is 0 Å². The minimum absolute atomic E-state index is 0.0534. The summed E-state index contributed by atoms with van der Waals surface area (Å²) in [5.41, 5.74) is 0.967. The molecule has 0 fully saturated rings. The zero-order valence-electron chi connectivity index (χ0n) is 10.5. The van der Waals surface area contributed by atoms with Gasteiger partial charge in [0.25, 0.3) is 5.91 Å². The predicted molar refractivity (Wildman–Crippen MR) is 75.1 cm³/mol. The maximum absolute atomic E-state index is 12.4. The number of ketones is 1. The fourth-order valence-corrected chi connectivity index (χ4v) is 2.49. The van der Waals surface area contributed by atoms with Crippen molar-refractivity contribution in [1.82, 2.24) is 0 Å². The van der Waals surface area contributed by atoms with Crippen molar-refractivity contribution >= 4 is 33.3 Å². The molecular formula is C14H10BrNO4. The number of benzene rings is 1. The van der Waals surface area contributed by atoms with Crippen molar-refractivity contribution in [3.8, 4) is 5.75 Å². The number of carbonyl (C=O) groups excluding carboxylic acids is 2. The van der Waals surface area contributed by atoms with Crippen LogP contribution in [0.2, 0.25) is 0 Å². The molecule has 1 amide bonds. The van der Waals surface area contributed by atoms with Gasteiger partial charge in [-0.05, 0) is 47.1 Å². The highest BCUT2D eigenvalue weighted by atomic mass is 79.9. The molecule has 1 aliphatic rings. The second-order valence-electron chi connectivity index (χ2n) is 4.40. The third kappa shape index (κ3) is 2.22. The minimum Gasteiger partial charge on any atom is -0.482 e. The number of ether oxygens (including phenoxy) is 1. The molecule has 20 heavy (non-hydrogen) atoms. The van der Waals surface area contributed by atoms with Gasteiger partial charge in [-0.3, -0.25) is 9.59 Å². The van der Waals surface area contributed by atoms with Crippen LogP contribution in [0.5, 0.6) is 5.75 Å². The van der Waals surface area contributed by atoms with Gasteiger partial charge in [0.1, 0.15) is 11.5 Å². The number of halogens is 1. The molecule has 6 heteroatoms. The lowest BCUT2D eigenvalue weighted by atomic mass is 10.1. The van der Waals surface area contributed by atoms with Crippen LogP contribution in [0.3, 0.4) is 0 Å². The zero-order valence-corrected chi connectivity index (χ0v) is 12.1. The van der Waals surface area contributed by atoms with Crippen LogP contribution in [0.25, 0.3) is 0 Å². The Hall–Kier alpha value is -2.08. The van der Waals surface area contributed by atoms with E-state index in [1.165, 1.54) is 0 Å². The van der Waals surface area contributed by atoms with E-state index in [1.807, 2.05) is 0 Å². The van der Waals surface area contributed by atoms with E-state index >= 15 is 0 Å². The van der Waals surface area contributed by atoms with E-state index in [2.05, 4.69) is 21.2 Å². The first-order valence-corrected chi connectivity index (χ1v) is 6.71. The van der Waals surface area contributed by atoms with E-state index in [9.17, 15) is 9.59 Å². The topological polar surface area (TPSA) is 68.5 Å². The average molecular weight is 336 g/mol. The van der Waals surface area contributed by atoms with E-state index in [0.29, 0.717) is 27.2 Å². The van der Waals surface area contributed by atoms with E-state index in [4.69, 9.17) is 9.15 Å². The van der Waals surface area contributed by atoms with Gasteiger partial charge in [0.2, 0.25) is 5.78 Å². The first-order valence-electron chi connectivity index (χ1n) is 5.92. The lowest BCUT2D eigenvalue weighted by molar-refractivity contribution is -0.118. The Morgan fingerprint density at radius 1 is 1.35 bits per heavy atom. The molecule has 3 rings (SSSR count). The number of furan rings is 1. The molecule has 102 valence electrons. The minimum atomic E-state index is -0.242. The van der Waals surface area contributed by atoms with Crippen molar-refractivity contribution in [3.63, 3.8) is 0 Å². The van der Waals surface area contributed by atoms with Crippen LogP contribution in [-0.4, -0.2) is 18.3 Å². The number of carbonyl (C=O) groups is 2. The quantitative estimate of drug-likeness (QED) is 0.857. The largest absolute Gasteiger partial charge is 0.482 e. The van der Waals surface area contributed by atoms with Crippen molar-refractivity contribution in [3.05, 3.63) is 45.8 Å². The molecule has 0 saturated heterocycles. The summed E-state index contributed by atoms with van der Waals surface area (Å²) < 4.78 is 11.2. The van der Waals surface area contributed by atoms with Gasteiger partial charge < -0.3 is 14.5 Å². The number of nitrogens with one attached hydrogen (secondary N) is 1. The number of fused-ring (bicyclic) bond motifs is 1. The van der Waals surface area contributed by atoms with E-state index in [0.717, 1.165) is 0 Å². The van der Waals surface area contributed by atoms with Gasteiger partial charge in [0, 0.05) is 10.0 Å². The molecule has 5 nitrogen and oxygen atoms in total. The summed E-state index contributed by atoms with van der Waals surface area (Å²) in [5, 5.41) is 2.68. The highest BCUT2D eigenvalue weighted by Crippen LogP contribution is 2.34. The van der Waals surface area contributed by atoms with Crippen molar-refractivity contribution in [2.75, 3.05) is 11.9 Å². The van der Waals surface area contributed by atoms with Gasteiger partial charge in [-0.2, -0.15) is 0 Å². The predicted octanol–water partition coefficient (Wildman–Crippen LogP) is 2.91. The molecule has 0 saturated carbocycles. The third-order valence-electron chi connectivity index (χ3n) is 2.91. The number of amides is 1.